The first kappa shape index (κ1) is 17.8. The molecule has 1 aliphatic heterocycles. The first-order valence-electron chi connectivity index (χ1n) is 9.76. The van der Waals surface area contributed by atoms with Gasteiger partial charge in [-0.1, -0.05) is 20.8 Å². The SMILES string of the molecule is CCCn1nc(C2CC2)cc1[C@H]1C(C#N)=C(N)OC2=C1C(=O)CC(C)(C)C2. The topological polar surface area (TPSA) is 93.9 Å². The molecular formula is C21H26N4O2. The van der Waals surface area contributed by atoms with Gasteiger partial charge in [0, 0.05) is 30.9 Å². The van der Waals surface area contributed by atoms with Gasteiger partial charge in [0.1, 0.15) is 17.4 Å². The van der Waals surface area contributed by atoms with E-state index in [1.165, 1.54) is 0 Å². The number of nitrogens with zero attached hydrogens (tertiary/aromatic N) is 3. The van der Waals surface area contributed by atoms with Crippen LogP contribution >= 0.6 is 0 Å². The highest BCUT2D eigenvalue weighted by Gasteiger charge is 2.44. The van der Waals surface area contributed by atoms with Crippen LogP contribution in [0, 0.1) is 16.7 Å². The number of allylic oxidation sites excluding steroid dienone is 3. The number of carbonyl (C=O) groups is 1. The Kier molecular flexibility index (Phi) is 4.14. The summed E-state index contributed by atoms with van der Waals surface area (Å²) in [5, 5.41) is 14.6. The molecule has 0 unspecified atom stereocenters. The molecular weight excluding hydrogens is 340 g/mol. The second-order valence-electron chi connectivity index (χ2n) is 8.69. The zero-order chi connectivity index (χ0) is 19.3. The molecule has 0 radical (unpaired) electrons. The Morgan fingerprint density at radius 2 is 2.15 bits per heavy atom. The van der Waals surface area contributed by atoms with Crippen molar-refractivity contribution in [2.24, 2.45) is 11.1 Å². The molecule has 27 heavy (non-hydrogen) atoms. The first-order chi connectivity index (χ1) is 12.8. The molecule has 1 atom stereocenters. The van der Waals surface area contributed by atoms with Gasteiger partial charge in [0.2, 0.25) is 5.88 Å². The predicted octanol–water partition coefficient (Wildman–Crippen LogP) is 3.62. The molecule has 0 spiro atoms. The first-order valence-corrected chi connectivity index (χ1v) is 9.76. The van der Waals surface area contributed by atoms with Gasteiger partial charge in [-0.05, 0) is 30.7 Å². The number of hydrogen-bond donors (Lipinski definition) is 1. The van der Waals surface area contributed by atoms with Crippen molar-refractivity contribution in [1.82, 2.24) is 9.78 Å². The molecule has 2 N–H and O–H groups in total. The van der Waals surface area contributed by atoms with Crippen LogP contribution in [-0.2, 0) is 16.1 Å². The van der Waals surface area contributed by atoms with Gasteiger partial charge in [0.05, 0.1) is 17.3 Å². The van der Waals surface area contributed by atoms with E-state index >= 15 is 0 Å². The zero-order valence-corrected chi connectivity index (χ0v) is 16.2. The number of hydrogen-bond acceptors (Lipinski definition) is 5. The molecule has 6 heteroatoms. The maximum absolute atomic E-state index is 13.1. The van der Waals surface area contributed by atoms with E-state index in [-0.39, 0.29) is 17.1 Å². The van der Waals surface area contributed by atoms with Crippen molar-refractivity contribution in [3.05, 3.63) is 40.2 Å². The van der Waals surface area contributed by atoms with E-state index in [1.807, 2.05) is 4.68 Å². The van der Waals surface area contributed by atoms with Crippen LogP contribution in [0.5, 0.6) is 0 Å². The minimum atomic E-state index is -0.478. The number of rotatable bonds is 4. The van der Waals surface area contributed by atoms with E-state index in [4.69, 9.17) is 15.6 Å². The summed E-state index contributed by atoms with van der Waals surface area (Å²) in [6.45, 7) is 6.96. The van der Waals surface area contributed by atoms with Crippen LogP contribution in [0.3, 0.4) is 0 Å². The monoisotopic (exact) mass is 366 g/mol. The third kappa shape index (κ3) is 3.05. The van der Waals surface area contributed by atoms with Gasteiger partial charge in [-0.15, -0.1) is 0 Å². The van der Waals surface area contributed by atoms with E-state index in [0.29, 0.717) is 35.7 Å². The minimum absolute atomic E-state index is 0.0451. The van der Waals surface area contributed by atoms with Crippen molar-refractivity contribution >= 4 is 5.78 Å². The van der Waals surface area contributed by atoms with E-state index < -0.39 is 5.92 Å². The highest BCUT2D eigenvalue weighted by Crippen LogP contribution is 2.49. The number of aromatic nitrogens is 2. The van der Waals surface area contributed by atoms with Crippen LogP contribution in [0.1, 0.15) is 76.1 Å². The smallest absolute Gasteiger partial charge is 0.205 e. The third-order valence-electron chi connectivity index (χ3n) is 5.63. The molecule has 0 aromatic carbocycles. The van der Waals surface area contributed by atoms with Crippen LogP contribution in [0.4, 0.5) is 0 Å². The Bertz CT molecular complexity index is 909. The van der Waals surface area contributed by atoms with Crippen molar-refractivity contribution < 1.29 is 9.53 Å². The lowest BCUT2D eigenvalue weighted by Crippen LogP contribution is -2.34. The maximum Gasteiger partial charge on any atom is 0.205 e. The van der Waals surface area contributed by atoms with Crippen molar-refractivity contribution in [2.45, 2.75) is 71.3 Å². The molecule has 0 amide bonds. The summed E-state index contributed by atoms with van der Waals surface area (Å²) in [5.74, 6) is 0.805. The number of ether oxygens (including phenoxy) is 1. The molecule has 2 heterocycles. The predicted molar refractivity (Wildman–Crippen MR) is 100 cm³/mol. The molecule has 4 rings (SSSR count). The van der Waals surface area contributed by atoms with Crippen LogP contribution in [0.25, 0.3) is 0 Å². The summed E-state index contributed by atoms with van der Waals surface area (Å²) in [7, 11) is 0. The normalized spacial score (nSPS) is 24.5. The van der Waals surface area contributed by atoms with Crippen molar-refractivity contribution in [2.75, 3.05) is 0 Å². The minimum Gasteiger partial charge on any atom is -0.444 e. The number of aryl methyl sites for hydroxylation is 1. The van der Waals surface area contributed by atoms with Gasteiger partial charge in [0.25, 0.3) is 0 Å². The molecule has 0 bridgehead atoms. The molecule has 3 aliphatic rings. The fourth-order valence-electron chi connectivity index (χ4n) is 4.23. The van der Waals surface area contributed by atoms with E-state index in [1.54, 1.807) is 0 Å². The fourth-order valence-corrected chi connectivity index (χ4v) is 4.23. The number of nitrogens with two attached hydrogens (primary N) is 1. The Balaban J connectivity index is 1.88. The van der Waals surface area contributed by atoms with E-state index in [2.05, 4.69) is 32.9 Å². The molecule has 1 fully saturated rings. The fraction of sp³-hybridized carbons (Fsp3) is 0.571. The number of carbonyl (C=O) groups excluding carboxylic acids is 1. The number of nitriles is 1. The van der Waals surface area contributed by atoms with Crippen molar-refractivity contribution in [3.8, 4) is 6.07 Å². The quantitative estimate of drug-likeness (QED) is 0.878. The molecule has 1 aromatic rings. The van der Waals surface area contributed by atoms with Crippen LogP contribution < -0.4 is 5.73 Å². The third-order valence-corrected chi connectivity index (χ3v) is 5.63. The number of Topliss-reactive ketones (excluding diaryl/α,β-unsaturated/α-hetero) is 1. The second kappa shape index (κ2) is 6.26. The van der Waals surface area contributed by atoms with Gasteiger partial charge in [0.15, 0.2) is 5.78 Å². The van der Waals surface area contributed by atoms with Crippen molar-refractivity contribution in [1.29, 1.82) is 5.26 Å². The Hall–Kier alpha value is -2.55. The van der Waals surface area contributed by atoms with Gasteiger partial charge in [-0.2, -0.15) is 10.4 Å². The average molecular weight is 366 g/mol. The van der Waals surface area contributed by atoms with Gasteiger partial charge in [-0.3, -0.25) is 9.48 Å². The highest BCUT2D eigenvalue weighted by atomic mass is 16.5. The standard InChI is InChI=1S/C21H26N4O2/c1-4-7-25-15(8-14(24-25)12-5-6-12)18-13(11-22)20(23)27-17-10-21(2,3)9-16(26)19(17)18/h8,12,18H,4-7,9-10,23H2,1-3H3/t18-/m1/s1. The summed E-state index contributed by atoms with van der Waals surface area (Å²) in [6, 6.07) is 4.28. The van der Waals surface area contributed by atoms with Crippen LogP contribution in [0.15, 0.2) is 28.9 Å². The number of ketones is 1. The lowest BCUT2D eigenvalue weighted by Gasteiger charge is -2.37. The second-order valence-corrected chi connectivity index (χ2v) is 8.69. The lowest BCUT2D eigenvalue weighted by molar-refractivity contribution is -0.119. The van der Waals surface area contributed by atoms with Crippen LogP contribution in [-0.4, -0.2) is 15.6 Å². The summed E-state index contributed by atoms with van der Waals surface area (Å²) >= 11 is 0. The zero-order valence-electron chi connectivity index (χ0n) is 16.2. The summed E-state index contributed by atoms with van der Waals surface area (Å²) in [6.07, 6.45) is 4.32. The molecule has 2 aliphatic carbocycles. The largest absolute Gasteiger partial charge is 0.444 e. The van der Waals surface area contributed by atoms with Gasteiger partial charge < -0.3 is 10.5 Å². The van der Waals surface area contributed by atoms with Crippen LogP contribution in [0.2, 0.25) is 0 Å². The Morgan fingerprint density at radius 3 is 2.78 bits per heavy atom. The molecule has 6 nitrogen and oxygen atoms in total. The lowest BCUT2D eigenvalue weighted by atomic mass is 9.71. The molecule has 1 saturated carbocycles. The van der Waals surface area contributed by atoms with E-state index in [0.717, 1.165) is 37.2 Å². The molecule has 142 valence electrons. The maximum atomic E-state index is 13.1. The van der Waals surface area contributed by atoms with E-state index in [9.17, 15) is 10.1 Å². The molecule has 0 saturated heterocycles. The Labute approximate surface area is 159 Å². The highest BCUT2D eigenvalue weighted by molar-refractivity contribution is 5.99. The summed E-state index contributed by atoms with van der Waals surface area (Å²) in [4.78, 5) is 13.1. The van der Waals surface area contributed by atoms with Gasteiger partial charge >= 0.3 is 0 Å². The Morgan fingerprint density at radius 1 is 1.41 bits per heavy atom. The summed E-state index contributed by atoms with van der Waals surface area (Å²) in [5.41, 5.74) is 8.82. The van der Waals surface area contributed by atoms with Crippen molar-refractivity contribution in [3.63, 3.8) is 0 Å². The summed E-state index contributed by atoms with van der Waals surface area (Å²) < 4.78 is 7.75. The van der Waals surface area contributed by atoms with Gasteiger partial charge in [-0.25, -0.2) is 0 Å². The molecule has 1 aromatic heterocycles. The average Bonchev–Trinajstić information content (AvgIpc) is 3.34.